The number of methoxy groups -OCH3 is 2. The van der Waals surface area contributed by atoms with Crippen molar-refractivity contribution < 1.29 is 29.0 Å². The van der Waals surface area contributed by atoms with Crippen molar-refractivity contribution in [2.45, 2.75) is 18.8 Å². The van der Waals surface area contributed by atoms with Crippen LogP contribution in [0, 0.1) is 5.92 Å². The second-order valence-corrected chi connectivity index (χ2v) is 5.93. The van der Waals surface area contributed by atoms with Crippen LogP contribution in [0.1, 0.15) is 24.3 Å². The molecular formula is C18H17NO6. The monoisotopic (exact) mass is 343 g/mol. The second kappa shape index (κ2) is 6.51. The summed E-state index contributed by atoms with van der Waals surface area (Å²) in [5.74, 6) is -2.61. The predicted molar refractivity (Wildman–Crippen MR) is 88.2 cm³/mol. The third-order valence-electron chi connectivity index (χ3n) is 4.47. The highest BCUT2D eigenvalue weighted by atomic mass is 16.5. The predicted octanol–water partition coefficient (Wildman–Crippen LogP) is 1.76. The van der Waals surface area contributed by atoms with E-state index in [1.807, 2.05) is 6.07 Å². The lowest BCUT2D eigenvalue weighted by atomic mass is 9.77. The molecule has 7 heteroatoms. The molecule has 7 nitrogen and oxygen atoms in total. The van der Waals surface area contributed by atoms with Crippen LogP contribution in [0.3, 0.4) is 0 Å². The number of ether oxygens (including phenoxy) is 2. The van der Waals surface area contributed by atoms with Gasteiger partial charge >= 0.3 is 5.97 Å². The second-order valence-electron chi connectivity index (χ2n) is 5.93. The molecule has 130 valence electrons. The number of carbonyl (C=O) groups is 3. The first kappa shape index (κ1) is 16.9. The van der Waals surface area contributed by atoms with Crippen molar-refractivity contribution in [1.29, 1.82) is 0 Å². The average molecular weight is 343 g/mol. The van der Waals surface area contributed by atoms with Crippen LogP contribution in [-0.4, -0.2) is 42.7 Å². The van der Waals surface area contributed by atoms with Crippen molar-refractivity contribution in [2.75, 3.05) is 14.2 Å². The van der Waals surface area contributed by atoms with Crippen molar-refractivity contribution in [3.63, 3.8) is 0 Å². The number of amides is 1. The first-order valence-electron chi connectivity index (χ1n) is 7.76. The highest BCUT2D eigenvalue weighted by Crippen LogP contribution is 2.39. The van der Waals surface area contributed by atoms with Gasteiger partial charge in [-0.25, -0.2) is 4.99 Å². The average Bonchev–Trinajstić information content (AvgIpc) is 2.60. The molecule has 0 spiro atoms. The number of carbonyl (C=O) groups excluding carboxylic acids is 2. The number of ketones is 1. The summed E-state index contributed by atoms with van der Waals surface area (Å²) in [6.07, 6.45) is 1.79. The molecule has 1 aromatic rings. The number of carboxylic acid groups (broad SMARTS) is 1. The van der Waals surface area contributed by atoms with Gasteiger partial charge < -0.3 is 14.6 Å². The van der Waals surface area contributed by atoms with Crippen LogP contribution in [0.4, 0.5) is 0 Å². The number of hydrogen-bond donors (Lipinski definition) is 1. The molecule has 0 bridgehead atoms. The first-order chi connectivity index (χ1) is 11.9. The third-order valence-corrected chi connectivity index (χ3v) is 4.47. The number of aliphatic carboxylic acids is 1. The highest BCUT2D eigenvalue weighted by molar-refractivity contribution is 6.29. The fraction of sp³-hybridized carbons (Fsp3) is 0.333. The number of aliphatic imine (C=N–C) groups is 1. The van der Waals surface area contributed by atoms with Crippen molar-refractivity contribution in [3.05, 3.63) is 35.4 Å². The van der Waals surface area contributed by atoms with Gasteiger partial charge in [0.05, 0.1) is 19.9 Å². The Morgan fingerprint density at radius 3 is 2.60 bits per heavy atom. The Bertz CT molecular complexity index is 823. The van der Waals surface area contributed by atoms with E-state index in [-0.39, 0.29) is 23.7 Å². The van der Waals surface area contributed by atoms with Crippen molar-refractivity contribution >= 4 is 23.4 Å². The molecule has 0 aromatic heterocycles. The van der Waals surface area contributed by atoms with E-state index in [9.17, 15) is 14.4 Å². The maximum atomic E-state index is 12.5. The maximum absolute atomic E-state index is 12.5. The molecule has 3 rings (SSSR count). The quantitative estimate of drug-likeness (QED) is 0.836. The van der Waals surface area contributed by atoms with Crippen LogP contribution in [0.5, 0.6) is 11.5 Å². The van der Waals surface area contributed by atoms with Crippen molar-refractivity contribution in [3.8, 4) is 11.5 Å². The molecule has 1 aliphatic carbocycles. The lowest BCUT2D eigenvalue weighted by molar-refractivity contribution is -0.143. The Labute approximate surface area is 144 Å². The zero-order valence-corrected chi connectivity index (χ0v) is 13.8. The molecule has 1 N–H and O–H groups in total. The molecule has 1 fully saturated rings. The molecular weight excluding hydrogens is 326 g/mol. The fourth-order valence-corrected chi connectivity index (χ4v) is 3.20. The van der Waals surface area contributed by atoms with Gasteiger partial charge in [0, 0.05) is 24.0 Å². The van der Waals surface area contributed by atoms with Gasteiger partial charge in [0.15, 0.2) is 11.7 Å². The summed E-state index contributed by atoms with van der Waals surface area (Å²) < 4.78 is 10.6. The molecule has 2 aliphatic rings. The van der Waals surface area contributed by atoms with Gasteiger partial charge in [-0.15, -0.1) is 0 Å². The van der Waals surface area contributed by atoms with E-state index in [0.29, 0.717) is 23.6 Å². The van der Waals surface area contributed by atoms with Gasteiger partial charge in [-0.05, 0) is 24.1 Å². The van der Waals surface area contributed by atoms with E-state index in [1.165, 1.54) is 13.2 Å². The third kappa shape index (κ3) is 3.05. The molecule has 2 atom stereocenters. The number of benzene rings is 1. The Balaban J connectivity index is 1.94. The normalized spacial score (nSPS) is 22.6. The zero-order chi connectivity index (χ0) is 18.1. The van der Waals surface area contributed by atoms with Gasteiger partial charge in [-0.3, -0.25) is 14.4 Å². The van der Waals surface area contributed by atoms with Crippen molar-refractivity contribution in [1.82, 2.24) is 0 Å². The first-order valence-corrected chi connectivity index (χ1v) is 7.76. The van der Waals surface area contributed by atoms with E-state index < -0.39 is 17.8 Å². The molecule has 1 saturated carbocycles. The Morgan fingerprint density at radius 1 is 1.20 bits per heavy atom. The highest BCUT2D eigenvalue weighted by Gasteiger charge is 2.37. The number of nitrogens with zero attached hydrogens (tertiary/aromatic N) is 1. The molecule has 0 saturated heterocycles. The van der Waals surface area contributed by atoms with Crippen LogP contribution >= 0.6 is 0 Å². The topological polar surface area (TPSA) is 102 Å². The van der Waals surface area contributed by atoms with Crippen molar-refractivity contribution in [2.24, 2.45) is 10.9 Å². The lowest BCUT2D eigenvalue weighted by Gasteiger charge is -2.28. The largest absolute Gasteiger partial charge is 0.497 e. The minimum Gasteiger partial charge on any atom is -0.497 e. The van der Waals surface area contributed by atoms with E-state index >= 15 is 0 Å². The molecule has 1 aliphatic heterocycles. The number of dihydropyridines is 1. The van der Waals surface area contributed by atoms with E-state index in [4.69, 9.17) is 14.6 Å². The molecule has 0 radical (unpaired) electrons. The fourth-order valence-electron chi connectivity index (χ4n) is 3.20. The molecule has 25 heavy (non-hydrogen) atoms. The number of fused-ring (bicyclic) bond motifs is 1. The summed E-state index contributed by atoms with van der Waals surface area (Å²) in [5.41, 5.74) is 1.42. The van der Waals surface area contributed by atoms with Gasteiger partial charge in [-0.2, -0.15) is 0 Å². The van der Waals surface area contributed by atoms with Crippen LogP contribution in [-0.2, 0) is 14.4 Å². The Morgan fingerprint density at radius 2 is 1.96 bits per heavy atom. The standard InChI is InChI=1S/C18H17NO6/c1-24-10-3-4-11(16(7-10)25-2)9-5-14-12(15(20)6-9)8-13(18(22)23)17(21)19-14/h3-4,7-9,13H,5-6H2,1-2H3,(H,22,23). The number of rotatable bonds is 4. The number of carboxylic acids is 1. The van der Waals surface area contributed by atoms with Crippen LogP contribution in [0.15, 0.2) is 34.8 Å². The lowest BCUT2D eigenvalue weighted by Crippen LogP contribution is -2.33. The minimum atomic E-state index is -1.38. The van der Waals surface area contributed by atoms with E-state index in [0.717, 1.165) is 5.56 Å². The molecule has 1 amide bonds. The molecule has 1 heterocycles. The van der Waals surface area contributed by atoms with Gasteiger partial charge in [-0.1, -0.05) is 6.07 Å². The summed E-state index contributed by atoms with van der Waals surface area (Å²) >= 11 is 0. The van der Waals surface area contributed by atoms with Gasteiger partial charge in [0.1, 0.15) is 11.5 Å². The van der Waals surface area contributed by atoms with Gasteiger partial charge in [0.2, 0.25) is 0 Å². The van der Waals surface area contributed by atoms with E-state index in [1.54, 1.807) is 19.2 Å². The zero-order valence-electron chi connectivity index (χ0n) is 13.8. The van der Waals surface area contributed by atoms with Gasteiger partial charge in [0.25, 0.3) is 5.91 Å². The minimum absolute atomic E-state index is 0.196. The molecule has 1 aromatic carbocycles. The maximum Gasteiger partial charge on any atom is 0.320 e. The SMILES string of the molecule is COc1ccc(C2CC(=O)C3=CC(C(=O)O)C(=O)N=C3C2)c(OC)c1. The van der Waals surface area contributed by atoms with Crippen LogP contribution in [0.25, 0.3) is 0 Å². The molecule has 2 unspecified atom stereocenters. The summed E-state index contributed by atoms with van der Waals surface area (Å²) in [5, 5.41) is 9.06. The number of Topliss-reactive ketones (excluding diaryl/α,β-unsaturated/α-hetero) is 1. The number of hydrogen-bond acceptors (Lipinski definition) is 5. The van der Waals surface area contributed by atoms with E-state index in [2.05, 4.69) is 4.99 Å². The van der Waals surface area contributed by atoms with Crippen LogP contribution < -0.4 is 9.47 Å². The Kier molecular flexibility index (Phi) is 4.39. The summed E-state index contributed by atoms with van der Waals surface area (Å²) in [7, 11) is 3.09. The summed E-state index contributed by atoms with van der Waals surface area (Å²) in [6, 6.07) is 5.34. The van der Waals surface area contributed by atoms with Crippen LogP contribution in [0.2, 0.25) is 0 Å². The number of allylic oxidation sites excluding steroid dienone is 1. The summed E-state index contributed by atoms with van der Waals surface area (Å²) in [6.45, 7) is 0. The smallest absolute Gasteiger partial charge is 0.320 e. The Hall–Kier alpha value is -2.96. The summed E-state index contributed by atoms with van der Waals surface area (Å²) in [4.78, 5) is 39.3.